The number of pyridine rings is 1. The molecule has 86 valence electrons. The van der Waals surface area contributed by atoms with Crippen LogP contribution >= 0.6 is 0 Å². The van der Waals surface area contributed by atoms with Crippen molar-refractivity contribution in [3.05, 3.63) is 24.0 Å². The molecule has 0 unspecified atom stereocenters. The average molecular weight is 226 g/mol. The quantitative estimate of drug-likeness (QED) is 0.872. The highest BCUT2D eigenvalue weighted by atomic mass is 19.3. The summed E-state index contributed by atoms with van der Waals surface area (Å²) in [5.74, 6) is 0.422. The smallest absolute Gasteiger partial charge is 0.387 e. The molecule has 0 amide bonds. The maximum Gasteiger partial charge on any atom is 0.387 e. The molecule has 0 saturated heterocycles. The molecule has 5 heteroatoms. The number of alkyl halides is 2. The normalized spacial score (nSPS) is 11.6. The fourth-order valence-electron chi connectivity index (χ4n) is 1.49. The van der Waals surface area contributed by atoms with Crippen LogP contribution in [0.3, 0.4) is 0 Å². The number of nitrogens with one attached hydrogen (secondary N) is 1. The van der Waals surface area contributed by atoms with Crippen LogP contribution in [0.5, 0.6) is 5.75 Å². The fourth-order valence-corrected chi connectivity index (χ4v) is 1.49. The predicted molar refractivity (Wildman–Crippen MR) is 56.8 cm³/mol. The van der Waals surface area contributed by atoms with E-state index in [4.69, 9.17) is 0 Å². The number of rotatable bonds is 3. The van der Waals surface area contributed by atoms with Crippen LogP contribution in [0, 0.1) is 0 Å². The number of halogens is 2. The molecule has 0 atom stereocenters. The molecule has 0 aromatic carbocycles. The number of nitrogens with zero attached hydrogens (tertiary/aromatic N) is 1. The van der Waals surface area contributed by atoms with Crippen molar-refractivity contribution in [1.29, 1.82) is 0 Å². The standard InChI is InChI=1S/C11H12F2N2O/c1-6(2)9-4-7-3-8(16-11(12)13)5-14-10(7)15-9/h3-6,11H,1-2H3,(H,14,15). The molecule has 0 aliphatic carbocycles. The van der Waals surface area contributed by atoms with Crippen molar-refractivity contribution in [2.45, 2.75) is 26.4 Å². The Morgan fingerprint density at radius 3 is 2.69 bits per heavy atom. The Morgan fingerprint density at radius 2 is 2.06 bits per heavy atom. The van der Waals surface area contributed by atoms with Gasteiger partial charge < -0.3 is 9.72 Å². The summed E-state index contributed by atoms with van der Waals surface area (Å²) in [6, 6.07) is 3.45. The predicted octanol–water partition coefficient (Wildman–Crippen LogP) is 3.29. The summed E-state index contributed by atoms with van der Waals surface area (Å²) in [4.78, 5) is 7.14. The molecule has 16 heavy (non-hydrogen) atoms. The highest BCUT2D eigenvalue weighted by Crippen LogP contribution is 2.23. The van der Waals surface area contributed by atoms with Gasteiger partial charge in [0.25, 0.3) is 0 Å². The maximum atomic E-state index is 12.0. The van der Waals surface area contributed by atoms with Crippen LogP contribution in [0.1, 0.15) is 25.5 Å². The van der Waals surface area contributed by atoms with Crippen LogP contribution in [0.15, 0.2) is 18.3 Å². The van der Waals surface area contributed by atoms with E-state index in [1.807, 2.05) is 19.9 Å². The number of aromatic amines is 1. The third-order valence-electron chi connectivity index (χ3n) is 2.31. The second kappa shape index (κ2) is 4.08. The molecule has 2 aromatic rings. The zero-order chi connectivity index (χ0) is 11.7. The van der Waals surface area contributed by atoms with E-state index >= 15 is 0 Å². The van der Waals surface area contributed by atoms with Crippen molar-refractivity contribution in [2.24, 2.45) is 0 Å². The molecular formula is C11H12F2N2O. The van der Waals surface area contributed by atoms with E-state index < -0.39 is 6.61 Å². The summed E-state index contributed by atoms with van der Waals surface area (Å²) in [5, 5.41) is 0.779. The van der Waals surface area contributed by atoms with E-state index in [-0.39, 0.29) is 5.75 Å². The van der Waals surface area contributed by atoms with Crippen molar-refractivity contribution in [3.63, 3.8) is 0 Å². The van der Waals surface area contributed by atoms with E-state index in [1.165, 1.54) is 6.20 Å². The van der Waals surface area contributed by atoms with Gasteiger partial charge in [0.1, 0.15) is 11.4 Å². The number of fused-ring (bicyclic) bond motifs is 1. The zero-order valence-electron chi connectivity index (χ0n) is 9.00. The van der Waals surface area contributed by atoms with Gasteiger partial charge >= 0.3 is 6.61 Å². The minimum Gasteiger partial charge on any atom is -0.433 e. The van der Waals surface area contributed by atoms with E-state index in [9.17, 15) is 8.78 Å². The molecule has 2 rings (SSSR count). The molecular weight excluding hydrogens is 214 g/mol. The van der Waals surface area contributed by atoms with Crippen LogP contribution in [-0.4, -0.2) is 16.6 Å². The first kappa shape index (κ1) is 10.9. The SMILES string of the molecule is CC(C)c1cc2cc(OC(F)F)cnc2[nH]1. The lowest BCUT2D eigenvalue weighted by atomic mass is 10.1. The van der Waals surface area contributed by atoms with Gasteiger partial charge in [-0.15, -0.1) is 0 Å². The van der Waals surface area contributed by atoms with Gasteiger partial charge in [-0.2, -0.15) is 8.78 Å². The topological polar surface area (TPSA) is 37.9 Å². The molecule has 1 N–H and O–H groups in total. The summed E-state index contributed by atoms with van der Waals surface area (Å²) in [7, 11) is 0. The van der Waals surface area contributed by atoms with Crippen LogP contribution in [0.2, 0.25) is 0 Å². The van der Waals surface area contributed by atoms with Crippen molar-refractivity contribution in [2.75, 3.05) is 0 Å². The molecule has 0 aliphatic rings. The van der Waals surface area contributed by atoms with Crippen molar-refractivity contribution in [3.8, 4) is 5.75 Å². The number of hydrogen-bond acceptors (Lipinski definition) is 2. The molecule has 0 aliphatic heterocycles. The number of H-pyrrole nitrogens is 1. The Labute approximate surface area is 91.4 Å². The van der Waals surface area contributed by atoms with E-state index in [1.54, 1.807) is 6.07 Å². The van der Waals surface area contributed by atoms with E-state index in [0.717, 1.165) is 11.1 Å². The first-order chi connectivity index (χ1) is 7.56. The summed E-state index contributed by atoms with van der Waals surface area (Å²) in [6.07, 6.45) is 1.29. The third kappa shape index (κ3) is 2.13. The van der Waals surface area contributed by atoms with Crippen molar-refractivity contribution >= 4 is 11.0 Å². The minimum atomic E-state index is -2.82. The molecule has 2 heterocycles. The minimum absolute atomic E-state index is 0.0804. The fraction of sp³-hybridized carbons (Fsp3) is 0.364. The summed E-state index contributed by atoms with van der Waals surface area (Å²) in [5.41, 5.74) is 1.71. The average Bonchev–Trinajstić information content (AvgIpc) is 2.59. The summed E-state index contributed by atoms with van der Waals surface area (Å²) in [6.45, 7) is 1.27. The Morgan fingerprint density at radius 1 is 1.31 bits per heavy atom. The van der Waals surface area contributed by atoms with Crippen LogP contribution < -0.4 is 4.74 Å². The summed E-state index contributed by atoms with van der Waals surface area (Å²) >= 11 is 0. The molecule has 0 bridgehead atoms. The second-order valence-electron chi connectivity index (χ2n) is 3.87. The van der Waals surface area contributed by atoms with Crippen molar-refractivity contribution in [1.82, 2.24) is 9.97 Å². The van der Waals surface area contributed by atoms with Gasteiger partial charge in [-0.3, -0.25) is 0 Å². The lowest BCUT2D eigenvalue weighted by molar-refractivity contribution is -0.0499. The monoisotopic (exact) mass is 226 g/mol. The second-order valence-corrected chi connectivity index (χ2v) is 3.87. The van der Waals surface area contributed by atoms with Gasteiger partial charge in [0.05, 0.1) is 6.20 Å². The van der Waals surface area contributed by atoms with E-state index in [2.05, 4.69) is 14.7 Å². The lowest BCUT2D eigenvalue weighted by Crippen LogP contribution is -2.01. The highest BCUT2D eigenvalue weighted by Gasteiger charge is 2.09. The first-order valence-electron chi connectivity index (χ1n) is 4.99. The zero-order valence-corrected chi connectivity index (χ0v) is 9.00. The van der Waals surface area contributed by atoms with Gasteiger partial charge in [0.2, 0.25) is 0 Å². The van der Waals surface area contributed by atoms with Crippen molar-refractivity contribution < 1.29 is 13.5 Å². The van der Waals surface area contributed by atoms with Gasteiger partial charge in [0.15, 0.2) is 0 Å². The van der Waals surface area contributed by atoms with Crippen LogP contribution in [0.4, 0.5) is 8.78 Å². The number of ether oxygens (including phenoxy) is 1. The van der Waals surface area contributed by atoms with Gasteiger partial charge in [0, 0.05) is 11.1 Å². The molecule has 0 fully saturated rings. The molecule has 3 nitrogen and oxygen atoms in total. The van der Waals surface area contributed by atoms with Crippen LogP contribution in [-0.2, 0) is 0 Å². The molecule has 0 saturated carbocycles. The highest BCUT2D eigenvalue weighted by molar-refractivity contribution is 5.78. The summed E-state index contributed by atoms with van der Waals surface area (Å²) < 4.78 is 28.3. The maximum absolute atomic E-state index is 12.0. The molecule has 0 spiro atoms. The molecule has 2 aromatic heterocycles. The van der Waals surface area contributed by atoms with Gasteiger partial charge in [-0.05, 0) is 18.1 Å². The molecule has 0 radical (unpaired) electrons. The lowest BCUT2D eigenvalue weighted by Gasteiger charge is -2.02. The first-order valence-corrected chi connectivity index (χ1v) is 4.99. The Kier molecular flexibility index (Phi) is 2.77. The van der Waals surface area contributed by atoms with Crippen LogP contribution in [0.25, 0.3) is 11.0 Å². The Bertz CT molecular complexity index is 494. The number of hydrogen-bond donors (Lipinski definition) is 1. The third-order valence-corrected chi connectivity index (χ3v) is 2.31. The number of aromatic nitrogens is 2. The largest absolute Gasteiger partial charge is 0.433 e. The Balaban J connectivity index is 2.38. The van der Waals surface area contributed by atoms with E-state index in [0.29, 0.717) is 11.6 Å². The van der Waals surface area contributed by atoms with Gasteiger partial charge in [-0.25, -0.2) is 4.98 Å². The Hall–Kier alpha value is -1.65. The van der Waals surface area contributed by atoms with Gasteiger partial charge in [-0.1, -0.05) is 13.8 Å².